The number of hydrogen-bond donors (Lipinski definition) is 3. The Bertz CT molecular complexity index is 518. The predicted molar refractivity (Wildman–Crippen MR) is 78.9 cm³/mol. The van der Waals surface area contributed by atoms with Crippen molar-refractivity contribution in [2.45, 2.75) is 39.8 Å². The number of rotatable bonds is 6. The van der Waals surface area contributed by atoms with Gasteiger partial charge in [-0.1, -0.05) is 26.0 Å². The van der Waals surface area contributed by atoms with Gasteiger partial charge in [0.25, 0.3) is 0 Å². The number of benzene rings is 1. The third-order valence-electron chi connectivity index (χ3n) is 3.04. The number of halogens is 1. The van der Waals surface area contributed by atoms with E-state index in [1.807, 2.05) is 13.8 Å². The van der Waals surface area contributed by atoms with Crippen LogP contribution in [0.5, 0.6) is 0 Å². The lowest BCUT2D eigenvalue weighted by Crippen LogP contribution is -2.49. The molecule has 0 bridgehead atoms. The molecule has 21 heavy (non-hydrogen) atoms. The number of nitrogens with one attached hydrogen (secondary N) is 2. The smallest absolute Gasteiger partial charge is 0.312 e. The summed E-state index contributed by atoms with van der Waals surface area (Å²) in [5.74, 6) is -0.413. The molecule has 5 nitrogen and oxygen atoms in total. The molecule has 1 atom stereocenters. The maximum Gasteiger partial charge on any atom is 0.312 e. The van der Waals surface area contributed by atoms with Gasteiger partial charge in [0.15, 0.2) is 0 Å². The molecule has 1 aromatic rings. The van der Waals surface area contributed by atoms with Crippen molar-refractivity contribution < 1.29 is 14.0 Å². The maximum atomic E-state index is 13.4. The summed E-state index contributed by atoms with van der Waals surface area (Å²) in [6.45, 7) is 5.76. The van der Waals surface area contributed by atoms with Gasteiger partial charge in [0.1, 0.15) is 11.9 Å². The summed E-state index contributed by atoms with van der Waals surface area (Å²) in [5.41, 5.74) is 6.29. The largest absolute Gasteiger partial charge is 0.352 e. The van der Waals surface area contributed by atoms with Crippen LogP contribution in [0.15, 0.2) is 18.2 Å². The van der Waals surface area contributed by atoms with Crippen LogP contribution < -0.4 is 16.4 Å². The van der Waals surface area contributed by atoms with Gasteiger partial charge in [0.05, 0.1) is 0 Å². The Morgan fingerprint density at radius 1 is 1.33 bits per heavy atom. The molecule has 0 saturated heterocycles. The number of primary amides is 1. The van der Waals surface area contributed by atoms with Crippen LogP contribution in [0.25, 0.3) is 0 Å². The van der Waals surface area contributed by atoms with Crippen molar-refractivity contribution in [3.8, 4) is 0 Å². The third-order valence-corrected chi connectivity index (χ3v) is 3.04. The van der Waals surface area contributed by atoms with Gasteiger partial charge < -0.3 is 16.4 Å². The highest BCUT2D eigenvalue weighted by molar-refractivity contribution is 5.86. The van der Waals surface area contributed by atoms with Crippen molar-refractivity contribution in [1.82, 2.24) is 10.6 Å². The second kappa shape index (κ2) is 7.61. The van der Waals surface area contributed by atoms with Gasteiger partial charge in [-0.3, -0.25) is 4.79 Å². The van der Waals surface area contributed by atoms with Crippen LogP contribution in [0.3, 0.4) is 0 Å². The molecule has 0 fully saturated rings. The number of aryl methyl sites for hydroxylation is 1. The normalized spacial score (nSPS) is 12.0. The van der Waals surface area contributed by atoms with E-state index >= 15 is 0 Å². The first-order valence-corrected chi connectivity index (χ1v) is 6.88. The highest BCUT2D eigenvalue weighted by Gasteiger charge is 2.20. The fourth-order valence-corrected chi connectivity index (χ4v) is 1.93. The van der Waals surface area contributed by atoms with Gasteiger partial charge in [0.2, 0.25) is 5.91 Å². The van der Waals surface area contributed by atoms with E-state index in [0.29, 0.717) is 17.5 Å². The SMILES string of the molecule is Cc1ccc(CNC(=O)[C@H](CC(C)C)NC(N)=O)cc1F. The summed E-state index contributed by atoms with van der Waals surface area (Å²) < 4.78 is 13.4. The molecule has 1 aromatic carbocycles. The molecule has 0 aromatic heterocycles. The van der Waals surface area contributed by atoms with Gasteiger partial charge in [-0.25, -0.2) is 9.18 Å². The Balaban J connectivity index is 2.63. The minimum absolute atomic E-state index is 0.199. The predicted octanol–water partition coefficient (Wildman–Crippen LogP) is 1.83. The maximum absolute atomic E-state index is 13.4. The molecule has 0 aliphatic heterocycles. The summed E-state index contributed by atoms with van der Waals surface area (Å²) in [6.07, 6.45) is 0.483. The second-order valence-electron chi connectivity index (χ2n) is 5.49. The van der Waals surface area contributed by atoms with Crippen molar-refractivity contribution in [2.24, 2.45) is 11.7 Å². The molecule has 0 saturated carbocycles. The molecule has 1 rings (SSSR count). The number of nitrogens with two attached hydrogens (primary N) is 1. The van der Waals surface area contributed by atoms with E-state index in [9.17, 15) is 14.0 Å². The molecule has 6 heteroatoms. The molecule has 4 N–H and O–H groups in total. The van der Waals surface area contributed by atoms with Crippen molar-refractivity contribution in [3.05, 3.63) is 35.1 Å². The molecule has 0 spiro atoms. The number of urea groups is 1. The fourth-order valence-electron chi connectivity index (χ4n) is 1.93. The van der Waals surface area contributed by atoms with Crippen LogP contribution >= 0.6 is 0 Å². The molecular weight excluding hydrogens is 273 g/mol. The second-order valence-corrected chi connectivity index (χ2v) is 5.49. The van der Waals surface area contributed by atoms with Gasteiger partial charge in [-0.05, 0) is 36.5 Å². The Morgan fingerprint density at radius 3 is 2.52 bits per heavy atom. The van der Waals surface area contributed by atoms with Crippen molar-refractivity contribution >= 4 is 11.9 Å². The molecular formula is C15H22FN3O2. The number of hydrogen-bond acceptors (Lipinski definition) is 2. The lowest BCUT2D eigenvalue weighted by atomic mass is 10.0. The van der Waals surface area contributed by atoms with Crippen LogP contribution in [0.4, 0.5) is 9.18 Å². The van der Waals surface area contributed by atoms with Crippen molar-refractivity contribution in [3.63, 3.8) is 0 Å². The molecule has 0 radical (unpaired) electrons. The van der Waals surface area contributed by atoms with E-state index in [2.05, 4.69) is 10.6 Å². The average molecular weight is 295 g/mol. The number of carbonyl (C=O) groups is 2. The molecule has 116 valence electrons. The van der Waals surface area contributed by atoms with Crippen LogP contribution in [0.1, 0.15) is 31.4 Å². The first-order valence-electron chi connectivity index (χ1n) is 6.88. The van der Waals surface area contributed by atoms with Crippen LogP contribution in [0, 0.1) is 18.7 Å². The topological polar surface area (TPSA) is 84.2 Å². The van der Waals surface area contributed by atoms with Crippen molar-refractivity contribution in [2.75, 3.05) is 0 Å². The van der Waals surface area contributed by atoms with Gasteiger partial charge in [-0.15, -0.1) is 0 Å². The minimum atomic E-state index is -0.739. The van der Waals surface area contributed by atoms with Gasteiger partial charge in [0, 0.05) is 6.54 Å². The van der Waals surface area contributed by atoms with E-state index in [0.717, 1.165) is 0 Å². The summed E-state index contributed by atoms with van der Waals surface area (Å²) in [7, 11) is 0. The fraction of sp³-hybridized carbons (Fsp3) is 0.467. The summed E-state index contributed by atoms with van der Waals surface area (Å²) in [6, 6.07) is 3.37. The molecule has 3 amide bonds. The lowest BCUT2D eigenvalue weighted by Gasteiger charge is -2.19. The van der Waals surface area contributed by atoms with Gasteiger partial charge >= 0.3 is 6.03 Å². The monoisotopic (exact) mass is 295 g/mol. The van der Waals surface area contributed by atoms with Crippen molar-refractivity contribution in [1.29, 1.82) is 0 Å². The van der Waals surface area contributed by atoms with E-state index in [4.69, 9.17) is 5.73 Å². The molecule has 0 heterocycles. The quantitative estimate of drug-likeness (QED) is 0.748. The molecule has 0 unspecified atom stereocenters. The zero-order valence-electron chi connectivity index (χ0n) is 12.6. The standard InChI is InChI=1S/C15H22FN3O2/c1-9(2)6-13(19-15(17)21)14(20)18-8-11-5-4-10(3)12(16)7-11/h4-5,7,9,13H,6,8H2,1-3H3,(H,18,20)(H3,17,19,21)/t13-/m0/s1. The van der Waals surface area contributed by atoms with E-state index in [1.165, 1.54) is 6.07 Å². The van der Waals surface area contributed by atoms with Crippen LogP contribution in [0.2, 0.25) is 0 Å². The van der Waals surface area contributed by atoms with Gasteiger partial charge in [-0.2, -0.15) is 0 Å². The first-order chi connectivity index (χ1) is 9.79. The van der Waals surface area contributed by atoms with E-state index in [1.54, 1.807) is 19.1 Å². The first kappa shape index (κ1) is 16.9. The Morgan fingerprint density at radius 2 is 2.00 bits per heavy atom. The number of carbonyl (C=O) groups excluding carboxylic acids is 2. The highest BCUT2D eigenvalue weighted by Crippen LogP contribution is 2.09. The van der Waals surface area contributed by atoms with E-state index < -0.39 is 12.1 Å². The minimum Gasteiger partial charge on any atom is -0.352 e. The molecule has 0 aliphatic rings. The average Bonchev–Trinajstić information content (AvgIpc) is 2.38. The Kier molecular flexibility index (Phi) is 6.14. The van der Waals surface area contributed by atoms with E-state index in [-0.39, 0.29) is 24.2 Å². The Hall–Kier alpha value is -2.11. The Labute approximate surface area is 124 Å². The molecule has 0 aliphatic carbocycles. The van der Waals surface area contributed by atoms with Crippen LogP contribution in [-0.4, -0.2) is 18.0 Å². The zero-order chi connectivity index (χ0) is 16.0. The number of amides is 3. The summed E-state index contributed by atoms with van der Waals surface area (Å²) in [4.78, 5) is 23.0. The highest BCUT2D eigenvalue weighted by atomic mass is 19.1. The van der Waals surface area contributed by atoms with Crippen LogP contribution in [-0.2, 0) is 11.3 Å². The zero-order valence-corrected chi connectivity index (χ0v) is 12.6. The lowest BCUT2D eigenvalue weighted by molar-refractivity contribution is -0.123. The third kappa shape index (κ3) is 5.81. The summed E-state index contributed by atoms with van der Waals surface area (Å²) in [5, 5.41) is 5.10. The summed E-state index contributed by atoms with van der Waals surface area (Å²) >= 11 is 0.